The molecule has 1 aromatic carbocycles. The third-order valence-corrected chi connectivity index (χ3v) is 3.54. The third kappa shape index (κ3) is 3.11. The summed E-state index contributed by atoms with van der Waals surface area (Å²) in [6.45, 7) is 2.55. The molecule has 0 saturated heterocycles. The summed E-state index contributed by atoms with van der Waals surface area (Å²) in [5, 5.41) is 0. The van der Waals surface area contributed by atoms with Gasteiger partial charge in [0, 0.05) is 24.2 Å². The van der Waals surface area contributed by atoms with E-state index >= 15 is 0 Å². The quantitative estimate of drug-likeness (QED) is 0.940. The van der Waals surface area contributed by atoms with Gasteiger partial charge >= 0.3 is 0 Å². The van der Waals surface area contributed by atoms with Gasteiger partial charge in [-0.15, -0.1) is 0 Å². The van der Waals surface area contributed by atoms with E-state index in [1.54, 1.807) is 13.3 Å². The van der Waals surface area contributed by atoms with Gasteiger partial charge in [0.25, 0.3) is 0 Å². The van der Waals surface area contributed by atoms with Gasteiger partial charge in [-0.2, -0.15) is 0 Å². The van der Waals surface area contributed by atoms with E-state index < -0.39 is 0 Å². The topological polar surface area (TPSA) is 61.0 Å². The maximum atomic E-state index is 5.65. The van der Waals surface area contributed by atoms with Gasteiger partial charge in [0.2, 0.25) is 0 Å². The molecule has 0 spiro atoms. The number of benzene rings is 1. The van der Waals surface area contributed by atoms with Crippen LogP contribution < -0.4 is 10.5 Å². The normalized spacial score (nSPS) is 12.2. The van der Waals surface area contributed by atoms with Crippen LogP contribution in [0.1, 0.15) is 18.7 Å². The van der Waals surface area contributed by atoms with Crippen LogP contribution in [0.25, 0.3) is 11.3 Å². The zero-order chi connectivity index (χ0) is 13.8. The van der Waals surface area contributed by atoms with Gasteiger partial charge in [0.05, 0.1) is 17.3 Å². The van der Waals surface area contributed by atoms with Crippen molar-refractivity contribution in [3.8, 4) is 17.0 Å². The van der Waals surface area contributed by atoms with Crippen molar-refractivity contribution in [1.82, 2.24) is 9.97 Å². The Hall–Kier alpha value is -1.46. The Morgan fingerprint density at radius 2 is 2.16 bits per heavy atom. The van der Waals surface area contributed by atoms with Crippen LogP contribution in [0.2, 0.25) is 0 Å². The predicted octanol–water partition coefficient (Wildman–Crippen LogP) is 2.98. The number of ether oxygens (including phenoxy) is 1. The molecule has 1 aromatic heterocycles. The number of rotatable bonds is 4. The Morgan fingerprint density at radius 3 is 2.79 bits per heavy atom. The van der Waals surface area contributed by atoms with Crippen molar-refractivity contribution in [2.75, 3.05) is 13.7 Å². The van der Waals surface area contributed by atoms with Gasteiger partial charge in [0.15, 0.2) is 0 Å². The van der Waals surface area contributed by atoms with Gasteiger partial charge in [0.1, 0.15) is 11.6 Å². The summed E-state index contributed by atoms with van der Waals surface area (Å²) in [6.07, 6.45) is 1.77. The van der Waals surface area contributed by atoms with E-state index in [9.17, 15) is 0 Å². The summed E-state index contributed by atoms with van der Waals surface area (Å²) in [5.41, 5.74) is 7.55. The van der Waals surface area contributed by atoms with Gasteiger partial charge < -0.3 is 10.5 Å². The molecule has 0 amide bonds. The van der Waals surface area contributed by atoms with E-state index in [4.69, 9.17) is 10.5 Å². The molecule has 5 heteroatoms. The largest absolute Gasteiger partial charge is 0.496 e. The Bertz CT molecular complexity index is 574. The molecule has 0 aliphatic carbocycles. The van der Waals surface area contributed by atoms with Crippen LogP contribution in [0.4, 0.5) is 0 Å². The lowest BCUT2D eigenvalue weighted by Crippen LogP contribution is -2.12. The highest BCUT2D eigenvalue weighted by molar-refractivity contribution is 9.10. The minimum absolute atomic E-state index is 0.154. The van der Waals surface area contributed by atoms with Gasteiger partial charge in [-0.05, 0) is 40.2 Å². The van der Waals surface area contributed by atoms with Crippen LogP contribution in [0.5, 0.6) is 5.75 Å². The van der Waals surface area contributed by atoms with Crippen molar-refractivity contribution in [2.45, 2.75) is 12.8 Å². The molecule has 0 fully saturated rings. The SMILES string of the molecule is COc1ccc(-c2ccnc(C(C)CN)n2)cc1Br. The van der Waals surface area contributed by atoms with E-state index in [2.05, 4.69) is 25.9 Å². The molecule has 1 atom stereocenters. The minimum Gasteiger partial charge on any atom is -0.496 e. The lowest BCUT2D eigenvalue weighted by atomic mass is 10.1. The molecular formula is C14H16BrN3O. The van der Waals surface area contributed by atoms with Crippen LogP contribution in [0, 0.1) is 0 Å². The molecule has 19 heavy (non-hydrogen) atoms. The average molecular weight is 322 g/mol. The van der Waals surface area contributed by atoms with Crippen molar-refractivity contribution in [3.05, 3.63) is 40.8 Å². The zero-order valence-corrected chi connectivity index (χ0v) is 12.5. The van der Waals surface area contributed by atoms with Crippen molar-refractivity contribution in [3.63, 3.8) is 0 Å². The molecule has 1 heterocycles. The second-order valence-corrected chi connectivity index (χ2v) is 5.14. The number of hydrogen-bond donors (Lipinski definition) is 1. The molecule has 2 N–H and O–H groups in total. The number of methoxy groups -OCH3 is 1. The number of nitrogens with two attached hydrogens (primary N) is 1. The van der Waals surface area contributed by atoms with Crippen molar-refractivity contribution < 1.29 is 4.74 Å². The van der Waals surface area contributed by atoms with Gasteiger partial charge in [-0.3, -0.25) is 0 Å². The maximum Gasteiger partial charge on any atom is 0.133 e. The second-order valence-electron chi connectivity index (χ2n) is 4.29. The Morgan fingerprint density at radius 1 is 1.37 bits per heavy atom. The third-order valence-electron chi connectivity index (χ3n) is 2.92. The summed E-state index contributed by atoms with van der Waals surface area (Å²) in [6, 6.07) is 7.76. The highest BCUT2D eigenvalue weighted by Crippen LogP contribution is 2.29. The van der Waals surface area contributed by atoms with Crippen LogP contribution >= 0.6 is 15.9 Å². The first-order chi connectivity index (χ1) is 9.15. The summed E-state index contributed by atoms with van der Waals surface area (Å²) < 4.78 is 6.12. The van der Waals surface area contributed by atoms with Gasteiger partial charge in [-0.25, -0.2) is 9.97 Å². The Balaban J connectivity index is 2.39. The molecule has 0 aliphatic rings. The molecule has 4 nitrogen and oxygen atoms in total. The molecule has 0 aliphatic heterocycles. The first-order valence-electron chi connectivity index (χ1n) is 6.02. The molecule has 0 saturated carbocycles. The highest BCUT2D eigenvalue weighted by atomic mass is 79.9. The van der Waals surface area contributed by atoms with Crippen LogP contribution in [0.3, 0.4) is 0 Å². The lowest BCUT2D eigenvalue weighted by molar-refractivity contribution is 0.412. The minimum atomic E-state index is 0.154. The number of aromatic nitrogens is 2. The monoisotopic (exact) mass is 321 g/mol. The molecule has 0 radical (unpaired) electrons. The van der Waals surface area contributed by atoms with E-state index in [-0.39, 0.29) is 5.92 Å². The summed E-state index contributed by atoms with van der Waals surface area (Å²) >= 11 is 3.48. The predicted molar refractivity (Wildman–Crippen MR) is 79.2 cm³/mol. The standard InChI is InChI=1S/C14H16BrN3O/c1-9(8-16)14-17-6-5-12(18-14)10-3-4-13(19-2)11(15)7-10/h3-7,9H,8,16H2,1-2H3. The highest BCUT2D eigenvalue weighted by Gasteiger charge is 2.09. The number of halogens is 1. The molecule has 1 unspecified atom stereocenters. The molecule has 2 rings (SSSR count). The average Bonchev–Trinajstić information content (AvgIpc) is 2.46. The first kappa shape index (κ1) is 14.0. The molecule has 2 aromatic rings. The van der Waals surface area contributed by atoms with E-state index in [1.165, 1.54) is 0 Å². The van der Waals surface area contributed by atoms with Crippen molar-refractivity contribution in [1.29, 1.82) is 0 Å². The fourth-order valence-corrected chi connectivity index (χ4v) is 2.24. The first-order valence-corrected chi connectivity index (χ1v) is 6.82. The number of nitrogens with zero attached hydrogens (tertiary/aromatic N) is 2. The summed E-state index contributed by atoms with van der Waals surface area (Å²) in [7, 11) is 1.64. The van der Waals surface area contributed by atoms with E-state index in [0.29, 0.717) is 6.54 Å². The molecule has 100 valence electrons. The fourth-order valence-electron chi connectivity index (χ4n) is 1.70. The van der Waals surface area contributed by atoms with Crippen molar-refractivity contribution >= 4 is 15.9 Å². The van der Waals surface area contributed by atoms with E-state index in [0.717, 1.165) is 27.3 Å². The smallest absolute Gasteiger partial charge is 0.133 e. The fraction of sp³-hybridized carbons (Fsp3) is 0.286. The van der Waals surface area contributed by atoms with Crippen LogP contribution in [-0.2, 0) is 0 Å². The second kappa shape index (κ2) is 6.12. The number of hydrogen-bond acceptors (Lipinski definition) is 4. The van der Waals surface area contributed by atoms with Crippen molar-refractivity contribution in [2.24, 2.45) is 5.73 Å². The maximum absolute atomic E-state index is 5.65. The lowest BCUT2D eigenvalue weighted by Gasteiger charge is -2.09. The van der Waals surface area contributed by atoms with E-state index in [1.807, 2.05) is 31.2 Å². The summed E-state index contributed by atoms with van der Waals surface area (Å²) in [4.78, 5) is 8.82. The van der Waals surface area contributed by atoms with Crippen LogP contribution in [0.15, 0.2) is 34.9 Å². The Kier molecular flexibility index (Phi) is 4.50. The summed E-state index contributed by atoms with van der Waals surface area (Å²) in [5.74, 6) is 1.72. The molecular weight excluding hydrogens is 306 g/mol. The zero-order valence-electron chi connectivity index (χ0n) is 10.9. The Labute approximate surface area is 121 Å². The van der Waals surface area contributed by atoms with Crippen LogP contribution in [-0.4, -0.2) is 23.6 Å². The molecule has 0 bridgehead atoms. The van der Waals surface area contributed by atoms with Gasteiger partial charge in [-0.1, -0.05) is 6.92 Å².